The molecule has 0 aliphatic heterocycles. The number of carboxylic acids is 6. The Morgan fingerprint density at radius 2 is 0.400 bits per heavy atom. The molecule has 0 bridgehead atoms. The van der Waals surface area contributed by atoms with Crippen molar-refractivity contribution in [3.8, 4) is 0 Å². The maximum absolute atomic E-state index is 8.93. The van der Waals surface area contributed by atoms with E-state index in [1.165, 1.54) is 0 Å². The third kappa shape index (κ3) is 36.0. The Bertz CT molecular complexity index is 281. The third-order valence-corrected chi connectivity index (χ3v) is 0.500. The summed E-state index contributed by atoms with van der Waals surface area (Å²) in [6.45, 7) is 0. The van der Waals surface area contributed by atoms with Crippen LogP contribution < -0.4 is 30.6 Å². The first-order chi connectivity index (χ1) is 7.93. The Balaban J connectivity index is -0.0000000536. The standard InChI is InChI=1S/3C2H2O4.2Os/c3*3-1(4)2(5)6;;/h3*(H,3,4)(H,5,6);;/p-6. The van der Waals surface area contributed by atoms with Gasteiger partial charge in [-0.25, -0.2) is 0 Å². The maximum atomic E-state index is 8.93. The SMILES string of the molecule is O=C([O-])C(=O)[O-].O=C([O-])C(=O)[O-].O=C([O-])C(=O)[O-].[Os].[Os]. The van der Waals surface area contributed by atoms with E-state index < -0.39 is 35.8 Å². The second-order valence-electron chi connectivity index (χ2n) is 1.72. The average molecular weight is 645 g/mol. The van der Waals surface area contributed by atoms with E-state index in [1.807, 2.05) is 0 Å². The molecular weight excluding hydrogens is 645 g/mol. The Hall–Kier alpha value is -1.91. The molecule has 0 saturated carbocycles. The number of carbonyl (C=O) groups is 6. The minimum Gasteiger partial charge on any atom is -0.543 e. The van der Waals surface area contributed by atoms with Gasteiger partial charge >= 0.3 is 0 Å². The van der Waals surface area contributed by atoms with Crippen molar-refractivity contribution < 1.29 is 99.0 Å². The van der Waals surface area contributed by atoms with Gasteiger partial charge in [-0.2, -0.15) is 0 Å². The summed E-state index contributed by atoms with van der Waals surface area (Å²) in [5, 5.41) is 53.6. The first-order valence-electron chi connectivity index (χ1n) is 3.20. The fraction of sp³-hybridized carbons (Fsp3) is 0. The first kappa shape index (κ1) is 30.8. The van der Waals surface area contributed by atoms with Gasteiger partial charge in [-0.3, -0.25) is 0 Å². The number of hydrogen-bond donors (Lipinski definition) is 0. The molecule has 0 N–H and O–H groups in total. The van der Waals surface area contributed by atoms with Crippen LogP contribution in [0.5, 0.6) is 0 Å². The molecule has 0 amide bonds. The number of rotatable bonds is 0. The third-order valence-electron chi connectivity index (χ3n) is 0.500. The fourth-order valence-corrected chi connectivity index (χ4v) is 0. The van der Waals surface area contributed by atoms with Crippen LogP contribution in [0.3, 0.4) is 0 Å². The van der Waals surface area contributed by atoms with Crippen molar-refractivity contribution in [3.05, 3.63) is 0 Å². The van der Waals surface area contributed by atoms with Crippen LogP contribution in [0.2, 0.25) is 0 Å². The summed E-state index contributed by atoms with van der Waals surface area (Å²) < 4.78 is 0. The summed E-state index contributed by atoms with van der Waals surface area (Å²) in [6, 6.07) is 0. The Morgan fingerprint density at radius 3 is 0.400 bits per heavy atom. The quantitative estimate of drug-likeness (QED) is 0.223. The van der Waals surface area contributed by atoms with E-state index in [-0.39, 0.29) is 39.6 Å². The molecule has 0 aliphatic carbocycles. The first-order valence-corrected chi connectivity index (χ1v) is 3.20. The van der Waals surface area contributed by atoms with Crippen molar-refractivity contribution in [2.24, 2.45) is 0 Å². The normalized spacial score (nSPS) is 6.60. The molecule has 0 heterocycles. The van der Waals surface area contributed by atoms with Gasteiger partial charge in [0.05, 0.1) is 35.8 Å². The van der Waals surface area contributed by atoms with E-state index in [0.29, 0.717) is 0 Å². The van der Waals surface area contributed by atoms with Gasteiger partial charge in [0.25, 0.3) is 0 Å². The van der Waals surface area contributed by atoms with Crippen molar-refractivity contribution in [2.45, 2.75) is 0 Å². The molecule has 118 valence electrons. The topological polar surface area (TPSA) is 241 Å². The summed E-state index contributed by atoms with van der Waals surface area (Å²) in [5.74, 6) is -13.1. The van der Waals surface area contributed by atoms with E-state index in [0.717, 1.165) is 0 Å². The Kier molecular flexibility index (Phi) is 26.4. The summed E-state index contributed by atoms with van der Waals surface area (Å²) in [6.07, 6.45) is 0. The number of carboxylic acid groups (broad SMARTS) is 6. The van der Waals surface area contributed by atoms with Gasteiger partial charge in [0.1, 0.15) is 0 Å². The van der Waals surface area contributed by atoms with Gasteiger partial charge in [0.15, 0.2) is 0 Å². The van der Waals surface area contributed by atoms with Crippen LogP contribution in [0.1, 0.15) is 0 Å². The van der Waals surface area contributed by atoms with E-state index in [4.69, 9.17) is 59.4 Å². The maximum Gasteiger partial charge on any atom is 0.0870 e. The minimum atomic E-state index is -2.19. The Labute approximate surface area is 135 Å². The summed E-state index contributed by atoms with van der Waals surface area (Å²) in [7, 11) is 0. The molecule has 20 heavy (non-hydrogen) atoms. The molecule has 0 atom stereocenters. The Morgan fingerprint density at radius 1 is 0.350 bits per heavy atom. The van der Waals surface area contributed by atoms with Crippen molar-refractivity contribution in [3.63, 3.8) is 0 Å². The van der Waals surface area contributed by atoms with E-state index >= 15 is 0 Å². The van der Waals surface area contributed by atoms with Gasteiger partial charge in [0, 0.05) is 39.6 Å². The van der Waals surface area contributed by atoms with Gasteiger partial charge < -0.3 is 59.4 Å². The van der Waals surface area contributed by atoms with E-state index in [2.05, 4.69) is 0 Å². The second kappa shape index (κ2) is 17.1. The molecule has 0 saturated heterocycles. The van der Waals surface area contributed by atoms with Crippen LogP contribution in [0, 0.1) is 0 Å². The molecule has 0 radical (unpaired) electrons. The van der Waals surface area contributed by atoms with Gasteiger partial charge in [0.2, 0.25) is 0 Å². The molecule has 14 heteroatoms. The number of aliphatic carboxylic acids is 6. The zero-order valence-corrected chi connectivity index (χ0v) is 13.7. The summed E-state index contributed by atoms with van der Waals surface area (Å²) >= 11 is 0. The van der Waals surface area contributed by atoms with Crippen LogP contribution in [0.15, 0.2) is 0 Å². The monoisotopic (exact) mass is 648 g/mol. The molecule has 0 aliphatic rings. The van der Waals surface area contributed by atoms with Gasteiger partial charge in [-0.05, 0) is 0 Å². The number of hydrogen-bond acceptors (Lipinski definition) is 12. The molecular formula is C6O12Os2-6. The number of carbonyl (C=O) groups excluding carboxylic acids is 6. The molecule has 0 spiro atoms. The zero-order chi connectivity index (χ0) is 15.5. The van der Waals surface area contributed by atoms with Crippen LogP contribution in [0.25, 0.3) is 0 Å². The molecule has 0 unspecified atom stereocenters. The molecule has 12 nitrogen and oxygen atoms in total. The molecule has 0 aromatic carbocycles. The minimum absolute atomic E-state index is 0. The molecule has 0 fully saturated rings. The van der Waals surface area contributed by atoms with Crippen LogP contribution >= 0.6 is 0 Å². The van der Waals surface area contributed by atoms with Crippen LogP contribution in [-0.4, -0.2) is 35.8 Å². The van der Waals surface area contributed by atoms with Crippen LogP contribution in [-0.2, 0) is 68.3 Å². The van der Waals surface area contributed by atoms with Crippen molar-refractivity contribution in [1.82, 2.24) is 0 Å². The molecule has 0 rings (SSSR count). The zero-order valence-electron chi connectivity index (χ0n) is 8.61. The van der Waals surface area contributed by atoms with Gasteiger partial charge in [-0.1, -0.05) is 0 Å². The smallest absolute Gasteiger partial charge is 0.0870 e. The predicted octanol–water partition coefficient (Wildman–Crippen LogP) is -10.5. The van der Waals surface area contributed by atoms with E-state index in [9.17, 15) is 0 Å². The van der Waals surface area contributed by atoms with E-state index in [1.54, 1.807) is 0 Å². The fourth-order valence-electron chi connectivity index (χ4n) is 0. The largest absolute Gasteiger partial charge is 0.543 e. The van der Waals surface area contributed by atoms with Gasteiger partial charge in [-0.15, -0.1) is 0 Å². The molecule has 0 aromatic rings. The van der Waals surface area contributed by atoms with Crippen LogP contribution in [0.4, 0.5) is 0 Å². The molecule has 0 aromatic heterocycles. The summed E-state index contributed by atoms with van der Waals surface area (Å²) in [5.41, 5.74) is 0. The summed E-state index contributed by atoms with van der Waals surface area (Å²) in [4.78, 5) is 53.6. The average Bonchev–Trinajstić information content (AvgIpc) is 2.18. The van der Waals surface area contributed by atoms with Crippen molar-refractivity contribution in [1.29, 1.82) is 0 Å². The second-order valence-corrected chi connectivity index (χ2v) is 1.72. The van der Waals surface area contributed by atoms with Crippen molar-refractivity contribution in [2.75, 3.05) is 0 Å². The predicted molar refractivity (Wildman–Crippen MR) is 30.0 cm³/mol. The van der Waals surface area contributed by atoms with Crippen molar-refractivity contribution >= 4 is 35.8 Å².